The third-order valence-electron chi connectivity index (χ3n) is 3.24. The van der Waals surface area contributed by atoms with E-state index >= 15 is 0 Å². The zero-order valence-corrected chi connectivity index (χ0v) is 15.2. The molecular formula is C16H21Cl2NOSi. The Morgan fingerprint density at radius 1 is 1.10 bits per heavy atom. The van der Waals surface area contributed by atoms with Gasteiger partial charge in [0.15, 0.2) is 0 Å². The summed E-state index contributed by atoms with van der Waals surface area (Å²) in [5, 5.41) is 1.33. The van der Waals surface area contributed by atoms with Gasteiger partial charge in [-0.05, 0) is 24.2 Å². The van der Waals surface area contributed by atoms with E-state index in [1.807, 2.05) is 41.2 Å². The second-order valence-electron chi connectivity index (χ2n) is 6.36. The van der Waals surface area contributed by atoms with Crippen molar-refractivity contribution >= 4 is 31.3 Å². The lowest BCUT2D eigenvalue weighted by Gasteiger charge is -2.15. The highest BCUT2D eigenvalue weighted by molar-refractivity contribution is 6.76. The number of hydrogen-bond donors (Lipinski definition) is 0. The van der Waals surface area contributed by atoms with Crippen molar-refractivity contribution in [1.29, 1.82) is 0 Å². The van der Waals surface area contributed by atoms with Gasteiger partial charge in [0.05, 0.1) is 0 Å². The molecule has 0 radical (unpaired) electrons. The first-order chi connectivity index (χ1) is 9.87. The Morgan fingerprint density at radius 3 is 2.38 bits per heavy atom. The minimum Gasteiger partial charge on any atom is -0.361 e. The number of rotatable bonds is 6. The number of hydrogen-bond acceptors (Lipinski definition) is 1. The molecule has 21 heavy (non-hydrogen) atoms. The molecule has 0 unspecified atom stereocenters. The second-order valence-corrected chi connectivity index (χ2v) is 12.8. The van der Waals surface area contributed by atoms with Crippen molar-refractivity contribution in [3.8, 4) is 11.1 Å². The summed E-state index contributed by atoms with van der Waals surface area (Å²) >= 11 is 12.5. The molecule has 0 aliphatic rings. The highest BCUT2D eigenvalue weighted by atomic mass is 35.5. The van der Waals surface area contributed by atoms with Crippen LogP contribution in [0.2, 0.25) is 35.7 Å². The molecule has 1 heterocycles. The molecule has 2 rings (SSSR count). The summed E-state index contributed by atoms with van der Waals surface area (Å²) in [6.07, 6.45) is 4.01. The summed E-state index contributed by atoms with van der Waals surface area (Å²) < 4.78 is 7.75. The van der Waals surface area contributed by atoms with E-state index in [1.165, 1.54) is 6.04 Å². The summed E-state index contributed by atoms with van der Waals surface area (Å²) in [4.78, 5) is 0. The Balaban J connectivity index is 1.99. The van der Waals surface area contributed by atoms with Gasteiger partial charge >= 0.3 is 0 Å². The third kappa shape index (κ3) is 4.89. The maximum Gasteiger partial charge on any atom is 0.122 e. The van der Waals surface area contributed by atoms with Crippen molar-refractivity contribution in [2.24, 2.45) is 0 Å². The predicted octanol–water partition coefficient (Wildman–Crippen LogP) is 5.77. The van der Waals surface area contributed by atoms with E-state index in [-0.39, 0.29) is 0 Å². The fraction of sp³-hybridized carbons (Fsp3) is 0.375. The fourth-order valence-corrected chi connectivity index (χ4v) is 3.36. The fourth-order valence-electron chi connectivity index (χ4n) is 1.99. The van der Waals surface area contributed by atoms with Crippen LogP contribution in [-0.2, 0) is 11.5 Å². The van der Waals surface area contributed by atoms with Crippen LogP contribution in [0.25, 0.3) is 11.1 Å². The normalized spacial score (nSPS) is 11.9. The number of ether oxygens (including phenoxy) is 1. The molecule has 0 aliphatic heterocycles. The first kappa shape index (κ1) is 16.6. The van der Waals surface area contributed by atoms with Gasteiger partial charge < -0.3 is 9.30 Å². The molecule has 0 atom stereocenters. The van der Waals surface area contributed by atoms with Crippen LogP contribution in [-0.4, -0.2) is 19.2 Å². The van der Waals surface area contributed by atoms with E-state index in [0.717, 1.165) is 17.7 Å². The number of aromatic nitrogens is 1. The minimum atomic E-state index is -1.03. The molecule has 0 saturated carbocycles. The Bertz CT molecular complexity index is 584. The summed E-state index contributed by atoms with van der Waals surface area (Å²) in [5.41, 5.74) is 1.89. The number of benzene rings is 1. The maximum absolute atomic E-state index is 6.23. The summed E-state index contributed by atoms with van der Waals surface area (Å²) in [6.45, 7) is 8.43. The van der Waals surface area contributed by atoms with Crippen LogP contribution in [0.5, 0.6) is 0 Å². The third-order valence-corrected chi connectivity index (χ3v) is 5.57. The van der Waals surface area contributed by atoms with Crippen molar-refractivity contribution in [3.05, 3.63) is 46.7 Å². The lowest BCUT2D eigenvalue weighted by Crippen LogP contribution is -2.21. The van der Waals surface area contributed by atoms with Crippen LogP contribution in [0.1, 0.15) is 0 Å². The molecule has 2 nitrogen and oxygen atoms in total. The van der Waals surface area contributed by atoms with Gasteiger partial charge in [0.1, 0.15) is 6.73 Å². The van der Waals surface area contributed by atoms with E-state index in [0.29, 0.717) is 16.8 Å². The van der Waals surface area contributed by atoms with Gasteiger partial charge in [-0.25, -0.2) is 0 Å². The average Bonchev–Trinajstić information content (AvgIpc) is 2.82. The van der Waals surface area contributed by atoms with Crippen LogP contribution >= 0.6 is 23.2 Å². The first-order valence-corrected chi connectivity index (χ1v) is 11.5. The van der Waals surface area contributed by atoms with Crippen molar-refractivity contribution in [2.45, 2.75) is 32.4 Å². The van der Waals surface area contributed by atoms with Gasteiger partial charge in [-0.15, -0.1) is 0 Å². The molecule has 0 saturated heterocycles. The molecule has 0 spiro atoms. The summed E-state index contributed by atoms with van der Waals surface area (Å²) in [5.74, 6) is 0. The quantitative estimate of drug-likeness (QED) is 0.480. The van der Waals surface area contributed by atoms with E-state index in [9.17, 15) is 0 Å². The number of halogens is 2. The van der Waals surface area contributed by atoms with Gasteiger partial charge in [0, 0.05) is 48.2 Å². The second kappa shape index (κ2) is 7.01. The molecule has 114 valence electrons. The van der Waals surface area contributed by atoms with Crippen LogP contribution in [0.15, 0.2) is 36.7 Å². The Kier molecular flexibility index (Phi) is 5.55. The number of nitrogens with zero attached hydrogens (tertiary/aromatic N) is 1. The maximum atomic E-state index is 6.23. The molecular weight excluding hydrogens is 321 g/mol. The Morgan fingerprint density at radius 2 is 1.76 bits per heavy atom. The molecule has 0 bridgehead atoms. The van der Waals surface area contributed by atoms with Gasteiger partial charge in [-0.1, -0.05) is 48.9 Å². The average molecular weight is 342 g/mol. The van der Waals surface area contributed by atoms with Gasteiger partial charge in [0.25, 0.3) is 0 Å². The van der Waals surface area contributed by atoms with E-state index in [4.69, 9.17) is 27.9 Å². The zero-order chi connectivity index (χ0) is 15.5. The molecule has 1 aromatic heterocycles. The van der Waals surface area contributed by atoms with Crippen molar-refractivity contribution in [1.82, 2.24) is 4.57 Å². The molecule has 2 aromatic rings. The zero-order valence-electron chi connectivity index (χ0n) is 12.7. The van der Waals surface area contributed by atoms with Gasteiger partial charge in [0.2, 0.25) is 0 Å². The van der Waals surface area contributed by atoms with E-state index < -0.39 is 8.07 Å². The van der Waals surface area contributed by atoms with Crippen molar-refractivity contribution in [2.75, 3.05) is 6.61 Å². The molecule has 0 amide bonds. The monoisotopic (exact) mass is 341 g/mol. The van der Waals surface area contributed by atoms with Crippen molar-refractivity contribution in [3.63, 3.8) is 0 Å². The SMILES string of the molecule is C[Si](C)(C)CCOCn1ccc(-c2c(Cl)cccc2Cl)c1. The van der Waals surface area contributed by atoms with Crippen LogP contribution in [0.3, 0.4) is 0 Å². The van der Waals surface area contributed by atoms with Crippen molar-refractivity contribution < 1.29 is 4.74 Å². The van der Waals surface area contributed by atoms with E-state index in [1.54, 1.807) is 0 Å². The molecule has 5 heteroatoms. The molecule has 0 N–H and O–H groups in total. The smallest absolute Gasteiger partial charge is 0.122 e. The van der Waals surface area contributed by atoms with Crippen LogP contribution in [0, 0.1) is 0 Å². The lowest BCUT2D eigenvalue weighted by atomic mass is 10.1. The first-order valence-electron chi connectivity index (χ1n) is 7.05. The van der Waals surface area contributed by atoms with E-state index in [2.05, 4.69) is 19.6 Å². The minimum absolute atomic E-state index is 0.562. The molecule has 0 aliphatic carbocycles. The molecule has 1 aromatic carbocycles. The highest BCUT2D eigenvalue weighted by Gasteiger charge is 2.12. The van der Waals surface area contributed by atoms with Gasteiger partial charge in [-0.2, -0.15) is 0 Å². The van der Waals surface area contributed by atoms with Gasteiger partial charge in [-0.3, -0.25) is 0 Å². The van der Waals surface area contributed by atoms with Crippen LogP contribution in [0.4, 0.5) is 0 Å². The van der Waals surface area contributed by atoms with Crippen LogP contribution < -0.4 is 0 Å². The predicted molar refractivity (Wildman–Crippen MR) is 94.0 cm³/mol. The summed E-state index contributed by atoms with van der Waals surface area (Å²) in [6, 6.07) is 8.74. The largest absolute Gasteiger partial charge is 0.361 e. The molecule has 0 fully saturated rings. The summed E-state index contributed by atoms with van der Waals surface area (Å²) in [7, 11) is -1.03. The highest BCUT2D eigenvalue weighted by Crippen LogP contribution is 2.34. The Hall–Kier alpha value is -0.743. The lowest BCUT2D eigenvalue weighted by molar-refractivity contribution is 0.0875. The Labute approximate surface area is 137 Å². The standard InChI is InChI=1S/C16H21Cl2NOSi/c1-21(2,3)10-9-20-12-19-8-7-13(11-19)16-14(17)5-4-6-15(16)18/h4-8,11H,9-10,12H2,1-3H3. The topological polar surface area (TPSA) is 14.2 Å².